The Kier molecular flexibility index (Phi) is 3.33. The van der Waals surface area contributed by atoms with E-state index in [0.29, 0.717) is 19.3 Å². The number of carbonyl (C=O) groups is 1. The molecule has 0 amide bonds. The molecule has 0 aliphatic heterocycles. The molecule has 4 nitrogen and oxygen atoms in total. The van der Waals surface area contributed by atoms with E-state index < -0.39 is 24.1 Å². The third kappa shape index (κ3) is 3.48. The molecule has 0 spiro atoms. The fourth-order valence-corrected chi connectivity index (χ4v) is 2.12. The summed E-state index contributed by atoms with van der Waals surface area (Å²) in [5.41, 5.74) is 4.28. The summed E-state index contributed by atoms with van der Waals surface area (Å²) in [6, 6.07) is 0. The molecule has 0 saturated heterocycles. The number of alkyl halides is 6. The summed E-state index contributed by atoms with van der Waals surface area (Å²) in [4.78, 5) is 8.90. The summed E-state index contributed by atoms with van der Waals surface area (Å²) in [5, 5.41) is 7.12. The van der Waals surface area contributed by atoms with Crippen molar-refractivity contribution >= 4 is 5.97 Å². The van der Waals surface area contributed by atoms with E-state index >= 15 is 0 Å². The van der Waals surface area contributed by atoms with Crippen molar-refractivity contribution in [3.8, 4) is 0 Å². The van der Waals surface area contributed by atoms with Gasteiger partial charge < -0.3 is 10.8 Å². The van der Waals surface area contributed by atoms with Gasteiger partial charge in [0.1, 0.15) is 0 Å². The lowest BCUT2D eigenvalue weighted by atomic mass is 9.47. The van der Waals surface area contributed by atoms with E-state index in [1.165, 1.54) is 0 Å². The molecule has 0 aromatic heterocycles. The van der Waals surface area contributed by atoms with Crippen LogP contribution in [0.3, 0.4) is 0 Å². The number of carboxylic acid groups (broad SMARTS) is 1. The minimum atomic E-state index is -5.08. The average Bonchev–Trinajstić information content (AvgIpc) is 1.95. The van der Waals surface area contributed by atoms with Crippen LogP contribution in [-0.4, -0.2) is 34.8 Å². The monoisotopic (exact) mass is 281 g/mol. The second-order valence-corrected chi connectivity index (χ2v) is 4.43. The van der Waals surface area contributed by atoms with Crippen LogP contribution >= 0.6 is 0 Å². The molecule has 3 aliphatic rings. The molecule has 3 N–H and O–H groups in total. The molecule has 0 unspecified atom stereocenters. The van der Waals surface area contributed by atoms with Gasteiger partial charge in [0.2, 0.25) is 0 Å². The molecule has 106 valence electrons. The molecule has 3 fully saturated rings. The van der Waals surface area contributed by atoms with E-state index in [9.17, 15) is 26.3 Å². The topological polar surface area (TPSA) is 72.5 Å². The van der Waals surface area contributed by atoms with Crippen molar-refractivity contribution in [3.05, 3.63) is 0 Å². The zero-order valence-corrected chi connectivity index (χ0v) is 8.73. The first-order chi connectivity index (χ1) is 7.77. The van der Waals surface area contributed by atoms with Gasteiger partial charge in [-0.25, -0.2) is 4.79 Å². The van der Waals surface area contributed by atoms with E-state index in [2.05, 4.69) is 4.74 Å². The van der Waals surface area contributed by atoms with Crippen LogP contribution in [0.1, 0.15) is 19.3 Å². The predicted molar refractivity (Wildman–Crippen MR) is 44.3 cm³/mol. The number of halogens is 6. The first kappa shape index (κ1) is 15.0. The molecule has 3 rings (SSSR count). The Balaban J connectivity index is 0.000000203. The molecule has 0 aromatic carbocycles. The van der Waals surface area contributed by atoms with E-state index in [-0.39, 0.29) is 5.54 Å². The Morgan fingerprint density at radius 2 is 1.44 bits per heavy atom. The Morgan fingerprint density at radius 1 is 1.11 bits per heavy atom. The number of nitrogens with two attached hydrogens (primary N) is 1. The molecule has 3 aliphatic carbocycles. The van der Waals surface area contributed by atoms with Gasteiger partial charge >= 0.3 is 18.5 Å². The van der Waals surface area contributed by atoms with Crippen molar-refractivity contribution in [3.63, 3.8) is 0 Å². The highest BCUT2D eigenvalue weighted by Crippen LogP contribution is 2.62. The molecule has 0 heterocycles. The molecule has 18 heavy (non-hydrogen) atoms. The van der Waals surface area contributed by atoms with E-state index in [1.807, 2.05) is 0 Å². The predicted octanol–water partition coefficient (Wildman–Crippen LogP) is 1.79. The Morgan fingerprint density at radius 3 is 1.61 bits per heavy atom. The second kappa shape index (κ2) is 3.98. The number of rotatable bonds is 1. The van der Waals surface area contributed by atoms with E-state index in [1.54, 1.807) is 0 Å². The van der Waals surface area contributed by atoms with Crippen molar-refractivity contribution in [2.24, 2.45) is 5.73 Å². The van der Waals surface area contributed by atoms with Crippen molar-refractivity contribution in [2.45, 2.75) is 42.9 Å². The lowest BCUT2D eigenvalue weighted by molar-refractivity contribution is -0.416. The quantitative estimate of drug-likeness (QED) is 0.719. The van der Waals surface area contributed by atoms with Crippen molar-refractivity contribution in [1.82, 2.24) is 0 Å². The number of hydrogen-bond acceptors (Lipinski definition) is 3. The molecule has 0 aromatic rings. The van der Waals surface area contributed by atoms with Crippen LogP contribution in [-0.2, 0) is 9.53 Å². The summed E-state index contributed by atoms with van der Waals surface area (Å²) in [7, 11) is 0. The zero-order valence-electron chi connectivity index (χ0n) is 8.73. The highest BCUT2D eigenvalue weighted by molar-refractivity contribution is 5.73. The maximum absolute atomic E-state index is 11.7. The summed E-state index contributed by atoms with van der Waals surface area (Å²) in [5.74, 6) is -2.76. The van der Waals surface area contributed by atoms with Gasteiger partial charge in [0.15, 0.2) is 0 Å². The van der Waals surface area contributed by atoms with Gasteiger partial charge in [-0.1, -0.05) is 0 Å². The van der Waals surface area contributed by atoms with Crippen LogP contribution in [0.4, 0.5) is 26.3 Å². The molecule has 0 atom stereocenters. The third-order valence-electron chi connectivity index (χ3n) is 2.60. The standard InChI is InChI=1S/C6H8F3NO.C2HF3O2/c7-6(8,9)11-5-1-4(10,2-5)3-5;3-2(4,5)1(6)7/h1-3,10H2;(H,6,7). The minimum absolute atomic E-state index is 0.328. The minimum Gasteiger partial charge on any atom is -0.475 e. The fraction of sp³-hybridized carbons (Fsp3) is 0.875. The van der Waals surface area contributed by atoms with Crippen molar-refractivity contribution < 1.29 is 41.0 Å². The second-order valence-electron chi connectivity index (χ2n) is 4.43. The summed E-state index contributed by atoms with van der Waals surface area (Å²) < 4.78 is 70.6. The first-order valence-electron chi connectivity index (χ1n) is 4.63. The Bertz CT molecular complexity index is 330. The van der Waals surface area contributed by atoms with Crippen LogP contribution < -0.4 is 5.73 Å². The Hall–Kier alpha value is -1.03. The lowest BCUT2D eigenvalue weighted by Crippen LogP contribution is -2.78. The highest BCUT2D eigenvalue weighted by Gasteiger charge is 2.70. The molecule has 2 bridgehead atoms. The van der Waals surface area contributed by atoms with Crippen molar-refractivity contribution in [1.29, 1.82) is 0 Å². The van der Waals surface area contributed by atoms with Gasteiger partial charge in [-0.15, -0.1) is 13.2 Å². The highest BCUT2D eigenvalue weighted by atomic mass is 19.4. The van der Waals surface area contributed by atoms with Gasteiger partial charge in [-0.05, 0) is 19.3 Å². The van der Waals surface area contributed by atoms with E-state index in [4.69, 9.17) is 15.6 Å². The van der Waals surface area contributed by atoms with Gasteiger partial charge in [0.25, 0.3) is 0 Å². The number of carboxylic acids is 1. The van der Waals surface area contributed by atoms with Gasteiger partial charge in [0, 0.05) is 5.54 Å². The average molecular weight is 281 g/mol. The smallest absolute Gasteiger partial charge is 0.475 e. The molecule has 0 radical (unpaired) electrons. The maximum Gasteiger partial charge on any atom is 0.523 e. The zero-order chi connectivity index (χ0) is 14.4. The van der Waals surface area contributed by atoms with Crippen LogP contribution in [0, 0.1) is 0 Å². The maximum atomic E-state index is 11.7. The molecular weight excluding hydrogens is 272 g/mol. The summed E-state index contributed by atoms with van der Waals surface area (Å²) in [6.45, 7) is 0. The SMILES string of the molecule is NC12CC(OC(F)(F)F)(C1)C2.O=C(O)C(F)(F)F. The number of aliphatic carboxylic acids is 1. The van der Waals surface area contributed by atoms with Gasteiger partial charge in [0.05, 0.1) is 5.60 Å². The summed E-state index contributed by atoms with van der Waals surface area (Å²) in [6.07, 6.45) is -8.50. The molecular formula is C8H9F6NO3. The van der Waals surface area contributed by atoms with Crippen LogP contribution in [0.2, 0.25) is 0 Å². The third-order valence-corrected chi connectivity index (χ3v) is 2.60. The summed E-state index contributed by atoms with van der Waals surface area (Å²) >= 11 is 0. The first-order valence-corrected chi connectivity index (χ1v) is 4.63. The van der Waals surface area contributed by atoms with Gasteiger partial charge in [-0.3, -0.25) is 4.74 Å². The molecule has 3 saturated carbocycles. The van der Waals surface area contributed by atoms with Crippen LogP contribution in [0.5, 0.6) is 0 Å². The normalized spacial score (nSPS) is 33.7. The fourth-order valence-electron chi connectivity index (χ4n) is 2.12. The Labute approximate surface area is 96.7 Å². The number of ether oxygens (including phenoxy) is 1. The molecule has 10 heteroatoms. The van der Waals surface area contributed by atoms with E-state index in [0.717, 1.165) is 0 Å². The van der Waals surface area contributed by atoms with Crippen molar-refractivity contribution in [2.75, 3.05) is 0 Å². The lowest BCUT2D eigenvalue weighted by Gasteiger charge is -2.67. The van der Waals surface area contributed by atoms with Gasteiger partial charge in [-0.2, -0.15) is 13.2 Å². The van der Waals surface area contributed by atoms with Crippen LogP contribution in [0.15, 0.2) is 0 Å². The number of hydrogen-bond donors (Lipinski definition) is 2. The van der Waals surface area contributed by atoms with Crippen LogP contribution in [0.25, 0.3) is 0 Å². The largest absolute Gasteiger partial charge is 0.523 e.